The molecular formula is C27H40O7. The fraction of sp³-hybridized carbons (Fsp3) is 0.852. The summed E-state index contributed by atoms with van der Waals surface area (Å²) in [5.74, 6) is 1.92. The predicted octanol–water partition coefficient (Wildman–Crippen LogP) is 2.55. The van der Waals surface area contributed by atoms with Crippen LogP contribution >= 0.6 is 0 Å². The van der Waals surface area contributed by atoms with Crippen molar-refractivity contribution in [2.75, 3.05) is 6.61 Å². The van der Waals surface area contributed by atoms with Crippen molar-refractivity contribution in [3.8, 4) is 0 Å². The van der Waals surface area contributed by atoms with E-state index < -0.39 is 30.7 Å². The number of rotatable bonds is 4. The predicted molar refractivity (Wildman–Crippen MR) is 124 cm³/mol. The number of hydrogen-bond acceptors (Lipinski definition) is 7. The van der Waals surface area contributed by atoms with Gasteiger partial charge in [-0.05, 0) is 86.5 Å². The molecule has 5 rings (SSSR count). The number of allylic oxidation sites excluding steroid dienone is 1. The first-order valence-corrected chi connectivity index (χ1v) is 13.1. The Kier molecular flexibility index (Phi) is 6.34. The highest BCUT2D eigenvalue weighted by Crippen LogP contribution is 2.66. The van der Waals surface area contributed by atoms with E-state index in [9.17, 15) is 24.9 Å². The number of ketones is 2. The normalized spacial score (nSPS) is 50.7. The first kappa shape index (κ1) is 24.6. The smallest absolute Gasteiger partial charge is 0.187 e. The second-order valence-corrected chi connectivity index (χ2v) is 12.1. The summed E-state index contributed by atoms with van der Waals surface area (Å²) in [5.41, 5.74) is 1.43. The lowest BCUT2D eigenvalue weighted by Crippen LogP contribution is -2.57. The molecule has 1 aliphatic heterocycles. The molecule has 3 N–H and O–H groups in total. The van der Waals surface area contributed by atoms with E-state index >= 15 is 0 Å². The summed E-state index contributed by atoms with van der Waals surface area (Å²) in [4.78, 5) is 25.4. The molecule has 1 saturated heterocycles. The minimum Gasteiger partial charge on any atom is -0.388 e. The SMILES string of the molecule is CC1OC(OCC(=O)C2CCC3C4CCC5=CC(=O)CCC5(C)C4CCC23C)C(O)C(O)C1O. The molecule has 7 nitrogen and oxygen atoms in total. The van der Waals surface area contributed by atoms with Crippen molar-refractivity contribution in [1.82, 2.24) is 0 Å². The van der Waals surface area contributed by atoms with Crippen molar-refractivity contribution in [3.05, 3.63) is 11.6 Å². The minimum absolute atomic E-state index is 0.0402. The second-order valence-electron chi connectivity index (χ2n) is 12.1. The number of carbonyl (C=O) groups is 2. The lowest BCUT2D eigenvalue weighted by atomic mass is 9.46. The Morgan fingerprint density at radius 2 is 1.79 bits per heavy atom. The van der Waals surface area contributed by atoms with Crippen LogP contribution in [0.2, 0.25) is 0 Å². The van der Waals surface area contributed by atoms with Crippen LogP contribution in [0.4, 0.5) is 0 Å². The van der Waals surface area contributed by atoms with Crippen LogP contribution in [0.25, 0.3) is 0 Å². The van der Waals surface area contributed by atoms with Gasteiger partial charge in [-0.25, -0.2) is 0 Å². The van der Waals surface area contributed by atoms with Crippen molar-refractivity contribution in [2.45, 2.75) is 103 Å². The van der Waals surface area contributed by atoms with Crippen molar-refractivity contribution < 1.29 is 34.4 Å². The summed E-state index contributed by atoms with van der Waals surface area (Å²) in [6.45, 7) is 6.10. The largest absolute Gasteiger partial charge is 0.388 e. The zero-order valence-corrected chi connectivity index (χ0v) is 20.6. The third-order valence-corrected chi connectivity index (χ3v) is 10.5. The fourth-order valence-corrected chi connectivity index (χ4v) is 8.50. The molecule has 190 valence electrons. The average molecular weight is 477 g/mol. The number of hydrogen-bond donors (Lipinski definition) is 3. The van der Waals surface area contributed by atoms with E-state index in [1.54, 1.807) is 6.92 Å². The third-order valence-electron chi connectivity index (χ3n) is 10.5. The van der Waals surface area contributed by atoms with Crippen LogP contribution in [-0.4, -0.2) is 64.2 Å². The first-order chi connectivity index (χ1) is 16.1. The van der Waals surface area contributed by atoms with E-state index in [0.29, 0.717) is 24.2 Å². The zero-order chi connectivity index (χ0) is 24.4. The van der Waals surface area contributed by atoms with Gasteiger partial charge in [-0.3, -0.25) is 9.59 Å². The van der Waals surface area contributed by atoms with E-state index in [1.807, 2.05) is 6.08 Å². The second kappa shape index (κ2) is 8.77. The Bertz CT molecular complexity index is 869. The van der Waals surface area contributed by atoms with E-state index in [4.69, 9.17) is 9.47 Å². The van der Waals surface area contributed by atoms with Gasteiger partial charge in [-0.15, -0.1) is 0 Å². The van der Waals surface area contributed by atoms with Crippen LogP contribution in [0.3, 0.4) is 0 Å². The molecule has 0 aromatic heterocycles. The van der Waals surface area contributed by atoms with Crippen LogP contribution in [0.15, 0.2) is 11.6 Å². The zero-order valence-electron chi connectivity index (χ0n) is 20.6. The molecule has 1 heterocycles. The summed E-state index contributed by atoms with van der Waals surface area (Å²) in [6, 6.07) is 0. The summed E-state index contributed by atoms with van der Waals surface area (Å²) >= 11 is 0. The van der Waals surface area contributed by atoms with Gasteiger partial charge in [0.1, 0.15) is 24.9 Å². The third kappa shape index (κ3) is 3.74. The maximum absolute atomic E-state index is 13.3. The maximum atomic E-state index is 13.3. The summed E-state index contributed by atoms with van der Waals surface area (Å²) in [6.07, 6.45) is 3.90. The highest BCUT2D eigenvalue weighted by atomic mass is 16.7. The standard InChI is InChI=1S/C27H40O7/c1-14-22(30)23(31)24(32)25(34-14)33-13-21(29)20-7-6-18-17-5-4-15-12-16(28)8-10-26(15,2)19(17)9-11-27(18,20)3/h12,14,17-20,22-25,30-32H,4-11,13H2,1-3H3. The van der Waals surface area contributed by atoms with Crippen molar-refractivity contribution in [1.29, 1.82) is 0 Å². The Balaban J connectivity index is 1.26. The van der Waals surface area contributed by atoms with Gasteiger partial charge in [0.25, 0.3) is 0 Å². The van der Waals surface area contributed by atoms with Gasteiger partial charge in [-0.1, -0.05) is 19.4 Å². The van der Waals surface area contributed by atoms with E-state index in [0.717, 1.165) is 44.9 Å². The fourth-order valence-electron chi connectivity index (χ4n) is 8.50. The Morgan fingerprint density at radius 1 is 1.03 bits per heavy atom. The Morgan fingerprint density at radius 3 is 2.56 bits per heavy atom. The quantitative estimate of drug-likeness (QED) is 0.571. The Labute approximate surface area is 201 Å². The van der Waals surface area contributed by atoms with Gasteiger partial charge in [0.05, 0.1) is 6.10 Å². The van der Waals surface area contributed by atoms with Crippen molar-refractivity contribution in [2.24, 2.45) is 34.5 Å². The number of carbonyl (C=O) groups excluding carboxylic acids is 2. The summed E-state index contributed by atoms with van der Waals surface area (Å²) in [7, 11) is 0. The minimum atomic E-state index is -1.39. The highest BCUT2D eigenvalue weighted by Gasteiger charge is 2.60. The van der Waals surface area contributed by atoms with Crippen molar-refractivity contribution >= 4 is 11.6 Å². The molecular weight excluding hydrogens is 436 g/mol. The monoisotopic (exact) mass is 476 g/mol. The van der Waals surface area contributed by atoms with Gasteiger partial charge in [0.2, 0.25) is 0 Å². The molecule has 5 aliphatic rings. The molecule has 34 heavy (non-hydrogen) atoms. The van der Waals surface area contributed by atoms with E-state index in [2.05, 4.69) is 13.8 Å². The highest BCUT2D eigenvalue weighted by molar-refractivity contribution is 5.91. The number of Topliss-reactive ketones (excluding diaryl/α,β-unsaturated/α-hetero) is 1. The maximum Gasteiger partial charge on any atom is 0.187 e. The van der Waals surface area contributed by atoms with Crippen LogP contribution in [0.1, 0.15) is 72.1 Å². The molecule has 4 aliphatic carbocycles. The molecule has 0 radical (unpaired) electrons. The topological polar surface area (TPSA) is 113 Å². The molecule has 0 aromatic carbocycles. The lowest BCUT2D eigenvalue weighted by molar-refractivity contribution is -0.291. The summed E-state index contributed by atoms with van der Waals surface area (Å²) < 4.78 is 11.2. The molecule has 0 aromatic rings. The van der Waals surface area contributed by atoms with Crippen LogP contribution in [0, 0.1) is 34.5 Å². The number of fused-ring (bicyclic) bond motifs is 5. The van der Waals surface area contributed by atoms with Gasteiger partial charge in [-0.2, -0.15) is 0 Å². The van der Waals surface area contributed by atoms with Gasteiger partial charge < -0.3 is 24.8 Å². The Hall–Kier alpha value is -1.12. The molecule has 11 unspecified atom stereocenters. The van der Waals surface area contributed by atoms with Gasteiger partial charge >= 0.3 is 0 Å². The molecule has 7 heteroatoms. The molecule has 0 spiro atoms. The molecule has 0 bridgehead atoms. The average Bonchev–Trinajstić information content (AvgIpc) is 3.16. The van der Waals surface area contributed by atoms with E-state index in [-0.39, 0.29) is 34.9 Å². The van der Waals surface area contributed by atoms with Crippen molar-refractivity contribution in [3.63, 3.8) is 0 Å². The van der Waals surface area contributed by atoms with Gasteiger partial charge in [0.15, 0.2) is 17.9 Å². The molecule has 0 amide bonds. The number of aliphatic hydroxyl groups excluding tert-OH is 3. The van der Waals surface area contributed by atoms with Crippen LogP contribution in [-0.2, 0) is 19.1 Å². The number of ether oxygens (including phenoxy) is 2. The molecule has 3 saturated carbocycles. The first-order valence-electron chi connectivity index (χ1n) is 13.1. The van der Waals surface area contributed by atoms with Gasteiger partial charge in [0, 0.05) is 12.3 Å². The number of aliphatic hydroxyl groups is 3. The molecule has 11 atom stereocenters. The lowest BCUT2D eigenvalue weighted by Gasteiger charge is -2.58. The van der Waals surface area contributed by atoms with Crippen LogP contribution < -0.4 is 0 Å². The van der Waals surface area contributed by atoms with E-state index in [1.165, 1.54) is 5.57 Å². The van der Waals surface area contributed by atoms with Crippen LogP contribution in [0.5, 0.6) is 0 Å². The molecule has 4 fully saturated rings. The summed E-state index contributed by atoms with van der Waals surface area (Å²) in [5, 5.41) is 30.1.